The SMILES string of the molecule is O=C(Cc1cccs1)N1CCN(C(c2ccccc2)c2ccc(Br)cc2)CC1. The van der Waals surface area contributed by atoms with Crippen molar-refractivity contribution in [1.29, 1.82) is 0 Å². The van der Waals surface area contributed by atoms with E-state index in [1.54, 1.807) is 11.3 Å². The number of carbonyl (C=O) groups excluding carboxylic acids is 1. The van der Waals surface area contributed by atoms with Gasteiger partial charge < -0.3 is 4.90 Å². The molecule has 0 bridgehead atoms. The van der Waals surface area contributed by atoms with Gasteiger partial charge in [0.2, 0.25) is 5.91 Å². The molecule has 1 aromatic heterocycles. The summed E-state index contributed by atoms with van der Waals surface area (Å²) in [6, 6.07) is 23.5. The second-order valence-corrected chi connectivity index (χ2v) is 8.99. The van der Waals surface area contributed by atoms with E-state index in [9.17, 15) is 4.79 Å². The van der Waals surface area contributed by atoms with Gasteiger partial charge in [-0.05, 0) is 34.7 Å². The lowest BCUT2D eigenvalue weighted by atomic mass is 9.96. The molecule has 0 saturated carbocycles. The van der Waals surface area contributed by atoms with Crippen LogP contribution in [0.5, 0.6) is 0 Å². The van der Waals surface area contributed by atoms with Crippen LogP contribution in [0.2, 0.25) is 0 Å². The Morgan fingerprint density at radius 1 is 0.893 bits per heavy atom. The van der Waals surface area contributed by atoms with Crippen LogP contribution in [0.3, 0.4) is 0 Å². The minimum Gasteiger partial charge on any atom is -0.340 e. The van der Waals surface area contributed by atoms with E-state index in [2.05, 4.69) is 75.4 Å². The summed E-state index contributed by atoms with van der Waals surface area (Å²) in [6.07, 6.45) is 0.520. The maximum Gasteiger partial charge on any atom is 0.227 e. The molecule has 0 N–H and O–H groups in total. The van der Waals surface area contributed by atoms with Crippen LogP contribution in [-0.2, 0) is 11.2 Å². The number of piperazine rings is 1. The van der Waals surface area contributed by atoms with E-state index in [1.807, 2.05) is 22.4 Å². The minimum absolute atomic E-state index is 0.212. The van der Waals surface area contributed by atoms with Crippen molar-refractivity contribution in [3.8, 4) is 0 Å². The quantitative estimate of drug-likeness (QED) is 0.542. The molecule has 1 fully saturated rings. The van der Waals surface area contributed by atoms with Gasteiger partial charge in [-0.2, -0.15) is 0 Å². The second-order valence-electron chi connectivity index (χ2n) is 7.04. The third kappa shape index (κ3) is 4.54. The van der Waals surface area contributed by atoms with Crippen LogP contribution in [-0.4, -0.2) is 41.9 Å². The predicted molar refractivity (Wildman–Crippen MR) is 119 cm³/mol. The van der Waals surface area contributed by atoms with E-state index in [-0.39, 0.29) is 11.9 Å². The summed E-state index contributed by atoms with van der Waals surface area (Å²) in [6.45, 7) is 3.33. The Balaban J connectivity index is 1.48. The molecule has 0 aliphatic carbocycles. The molecule has 3 aromatic rings. The number of rotatable bonds is 5. The zero-order chi connectivity index (χ0) is 19.3. The van der Waals surface area contributed by atoms with E-state index < -0.39 is 0 Å². The van der Waals surface area contributed by atoms with E-state index in [4.69, 9.17) is 0 Å². The summed E-state index contributed by atoms with van der Waals surface area (Å²) >= 11 is 5.19. The number of thiophene rings is 1. The van der Waals surface area contributed by atoms with Crippen molar-refractivity contribution in [1.82, 2.24) is 9.80 Å². The Morgan fingerprint density at radius 3 is 2.21 bits per heavy atom. The Kier molecular flexibility index (Phi) is 6.25. The van der Waals surface area contributed by atoms with E-state index >= 15 is 0 Å². The lowest BCUT2D eigenvalue weighted by molar-refractivity contribution is -0.132. The molecule has 144 valence electrons. The smallest absolute Gasteiger partial charge is 0.227 e. The van der Waals surface area contributed by atoms with Crippen molar-refractivity contribution in [2.24, 2.45) is 0 Å². The molecule has 0 radical (unpaired) electrons. The third-order valence-electron chi connectivity index (χ3n) is 5.24. The fraction of sp³-hybridized carbons (Fsp3) is 0.261. The molecule has 3 nitrogen and oxygen atoms in total. The molecule has 1 unspecified atom stereocenters. The summed E-state index contributed by atoms with van der Waals surface area (Å²) in [7, 11) is 0. The highest BCUT2D eigenvalue weighted by atomic mass is 79.9. The van der Waals surface area contributed by atoms with Gasteiger partial charge >= 0.3 is 0 Å². The first-order valence-corrected chi connectivity index (χ1v) is 11.2. The summed E-state index contributed by atoms with van der Waals surface area (Å²) < 4.78 is 1.09. The number of amides is 1. The highest BCUT2D eigenvalue weighted by molar-refractivity contribution is 9.10. The van der Waals surface area contributed by atoms with Gasteiger partial charge in [0.25, 0.3) is 0 Å². The number of hydrogen-bond donors (Lipinski definition) is 0. The lowest BCUT2D eigenvalue weighted by Crippen LogP contribution is -2.50. The maximum atomic E-state index is 12.6. The minimum atomic E-state index is 0.212. The Hall–Kier alpha value is -1.95. The molecule has 0 spiro atoms. The predicted octanol–water partition coefficient (Wildman–Crippen LogP) is 4.99. The molecule has 2 heterocycles. The van der Waals surface area contributed by atoms with Crippen LogP contribution in [0, 0.1) is 0 Å². The van der Waals surface area contributed by atoms with E-state index in [0.717, 1.165) is 35.5 Å². The topological polar surface area (TPSA) is 23.6 Å². The normalized spacial score (nSPS) is 16.1. The lowest BCUT2D eigenvalue weighted by Gasteiger charge is -2.39. The molecule has 5 heteroatoms. The summed E-state index contributed by atoms with van der Waals surface area (Å²) in [4.78, 5) is 18.3. The summed E-state index contributed by atoms with van der Waals surface area (Å²) in [5.41, 5.74) is 2.58. The molecular weight excluding hydrogens is 432 g/mol. The summed E-state index contributed by atoms with van der Waals surface area (Å²) in [5, 5.41) is 2.03. The average molecular weight is 455 g/mol. The van der Waals surface area contributed by atoms with Gasteiger partial charge in [-0.15, -0.1) is 11.3 Å². The monoisotopic (exact) mass is 454 g/mol. The van der Waals surface area contributed by atoms with Gasteiger partial charge in [-0.1, -0.05) is 64.5 Å². The van der Waals surface area contributed by atoms with Gasteiger partial charge in [-0.25, -0.2) is 0 Å². The molecule has 1 amide bonds. The molecule has 1 aliphatic rings. The average Bonchev–Trinajstić information content (AvgIpc) is 3.24. The number of hydrogen-bond acceptors (Lipinski definition) is 3. The second kappa shape index (κ2) is 9.03. The molecular formula is C23H23BrN2OS. The molecule has 1 atom stereocenters. The fourth-order valence-corrected chi connectivity index (χ4v) is 4.76. The Morgan fingerprint density at radius 2 is 1.57 bits per heavy atom. The van der Waals surface area contributed by atoms with Gasteiger partial charge in [0.05, 0.1) is 12.5 Å². The van der Waals surface area contributed by atoms with Gasteiger partial charge in [0.1, 0.15) is 0 Å². The summed E-state index contributed by atoms with van der Waals surface area (Å²) in [5.74, 6) is 0.238. The van der Waals surface area contributed by atoms with Crippen LogP contribution in [0.25, 0.3) is 0 Å². The molecule has 4 rings (SSSR count). The van der Waals surface area contributed by atoms with Crippen LogP contribution in [0.1, 0.15) is 22.0 Å². The zero-order valence-corrected chi connectivity index (χ0v) is 18.0. The van der Waals surface area contributed by atoms with Crippen LogP contribution in [0.15, 0.2) is 76.6 Å². The number of benzene rings is 2. The highest BCUT2D eigenvalue weighted by Crippen LogP contribution is 2.30. The Bertz CT molecular complexity index is 888. The highest BCUT2D eigenvalue weighted by Gasteiger charge is 2.28. The zero-order valence-electron chi connectivity index (χ0n) is 15.6. The Labute approximate surface area is 178 Å². The number of halogens is 1. The largest absolute Gasteiger partial charge is 0.340 e. The first-order chi connectivity index (χ1) is 13.7. The van der Waals surface area contributed by atoms with E-state index in [0.29, 0.717) is 6.42 Å². The van der Waals surface area contributed by atoms with Gasteiger partial charge in [0.15, 0.2) is 0 Å². The fourth-order valence-electron chi connectivity index (χ4n) is 3.80. The molecule has 2 aromatic carbocycles. The van der Waals surface area contributed by atoms with Crippen molar-refractivity contribution < 1.29 is 4.79 Å². The van der Waals surface area contributed by atoms with Crippen molar-refractivity contribution in [2.75, 3.05) is 26.2 Å². The van der Waals surface area contributed by atoms with Crippen molar-refractivity contribution >= 4 is 33.2 Å². The van der Waals surface area contributed by atoms with Crippen molar-refractivity contribution in [2.45, 2.75) is 12.5 Å². The third-order valence-corrected chi connectivity index (χ3v) is 6.64. The standard InChI is InChI=1S/C23H23BrN2OS/c24-20-10-8-19(9-11-20)23(18-5-2-1-3-6-18)26-14-12-25(13-15-26)22(27)17-21-7-4-16-28-21/h1-11,16,23H,12-15,17H2. The molecule has 1 aliphatic heterocycles. The van der Waals surface area contributed by atoms with Crippen LogP contribution < -0.4 is 0 Å². The molecule has 1 saturated heterocycles. The van der Waals surface area contributed by atoms with Gasteiger partial charge in [0, 0.05) is 35.5 Å². The van der Waals surface area contributed by atoms with E-state index in [1.165, 1.54) is 11.1 Å². The maximum absolute atomic E-state index is 12.6. The van der Waals surface area contributed by atoms with Crippen molar-refractivity contribution in [3.05, 3.63) is 92.6 Å². The first kappa shape index (κ1) is 19.4. The molecule has 28 heavy (non-hydrogen) atoms. The number of nitrogens with zero attached hydrogens (tertiary/aromatic N) is 2. The van der Waals surface area contributed by atoms with Crippen LogP contribution >= 0.6 is 27.3 Å². The first-order valence-electron chi connectivity index (χ1n) is 9.55. The van der Waals surface area contributed by atoms with Gasteiger partial charge in [-0.3, -0.25) is 9.69 Å². The van der Waals surface area contributed by atoms with Crippen LogP contribution in [0.4, 0.5) is 0 Å². The van der Waals surface area contributed by atoms with Crippen molar-refractivity contribution in [3.63, 3.8) is 0 Å². The number of carbonyl (C=O) groups is 1.